The van der Waals surface area contributed by atoms with Gasteiger partial charge in [0, 0.05) is 12.1 Å². The van der Waals surface area contributed by atoms with Crippen molar-refractivity contribution in [3.05, 3.63) is 34.6 Å². The minimum atomic E-state index is -1.09. The molecule has 1 aromatic rings. The topological polar surface area (TPSA) is 63.3 Å². The molecule has 3 N–H and O–H groups in total. The smallest absolute Gasteiger partial charge is 0.312 e. The van der Waals surface area contributed by atoms with Crippen LogP contribution in [0.5, 0.6) is 0 Å². The molecule has 0 fully saturated rings. The van der Waals surface area contributed by atoms with E-state index in [2.05, 4.69) is 0 Å². The molecule has 0 bridgehead atoms. The van der Waals surface area contributed by atoms with Crippen LogP contribution >= 0.6 is 0 Å². The van der Waals surface area contributed by atoms with Gasteiger partial charge in [0.1, 0.15) is 5.82 Å². The van der Waals surface area contributed by atoms with Gasteiger partial charge in [0.15, 0.2) is 0 Å². The Morgan fingerprint density at radius 1 is 1.53 bits per heavy atom. The van der Waals surface area contributed by atoms with E-state index in [0.29, 0.717) is 5.56 Å². The minimum Gasteiger partial charge on any atom is -0.481 e. The number of hydrogen-bond acceptors (Lipinski definition) is 2. The zero-order valence-electron chi connectivity index (χ0n) is 8.75. The monoisotopic (exact) mass is 211 g/mol. The molecule has 1 rings (SSSR count). The number of benzene rings is 1. The lowest BCUT2D eigenvalue weighted by Crippen LogP contribution is -2.23. The van der Waals surface area contributed by atoms with Crippen LogP contribution in [0.25, 0.3) is 0 Å². The van der Waals surface area contributed by atoms with Crippen LogP contribution in [-0.4, -0.2) is 17.6 Å². The van der Waals surface area contributed by atoms with E-state index in [1.807, 2.05) is 0 Å². The van der Waals surface area contributed by atoms with Crippen molar-refractivity contribution in [2.75, 3.05) is 6.54 Å². The van der Waals surface area contributed by atoms with Crippen LogP contribution in [0.3, 0.4) is 0 Å². The molecule has 1 aromatic carbocycles. The van der Waals surface area contributed by atoms with Crippen LogP contribution in [0.1, 0.15) is 22.6 Å². The van der Waals surface area contributed by atoms with E-state index >= 15 is 0 Å². The lowest BCUT2D eigenvalue weighted by molar-refractivity contribution is -0.138. The average Bonchev–Trinajstić information content (AvgIpc) is 2.09. The zero-order chi connectivity index (χ0) is 11.6. The van der Waals surface area contributed by atoms with Crippen molar-refractivity contribution in [2.45, 2.75) is 19.8 Å². The van der Waals surface area contributed by atoms with Gasteiger partial charge in [-0.2, -0.15) is 0 Å². The number of carboxylic acid groups (broad SMARTS) is 1. The predicted octanol–water partition coefficient (Wildman–Crippen LogP) is 1.57. The number of halogens is 1. The summed E-state index contributed by atoms with van der Waals surface area (Å²) in [5.74, 6) is -2.56. The number of nitrogens with two attached hydrogens (primary N) is 1. The largest absolute Gasteiger partial charge is 0.481 e. The summed E-state index contributed by atoms with van der Waals surface area (Å²) in [7, 11) is 0. The first-order chi connectivity index (χ1) is 6.97. The number of hydrogen-bond donors (Lipinski definition) is 2. The SMILES string of the molecule is Cc1cc(C)c(C(CN)C(=O)O)c(F)c1. The standard InChI is InChI=1S/C11H14FNO2/c1-6-3-7(2)10(9(12)4-6)8(5-13)11(14)15/h3-4,8H,5,13H2,1-2H3,(H,14,15). The number of aryl methyl sites for hydroxylation is 2. The summed E-state index contributed by atoms with van der Waals surface area (Å²) >= 11 is 0. The summed E-state index contributed by atoms with van der Waals surface area (Å²) in [5.41, 5.74) is 6.93. The first-order valence-electron chi connectivity index (χ1n) is 4.67. The lowest BCUT2D eigenvalue weighted by Gasteiger charge is -2.14. The maximum atomic E-state index is 13.6. The van der Waals surface area contributed by atoms with E-state index in [1.54, 1.807) is 19.9 Å². The second kappa shape index (κ2) is 4.40. The van der Waals surface area contributed by atoms with E-state index in [9.17, 15) is 9.18 Å². The van der Waals surface area contributed by atoms with Gasteiger partial charge in [0.05, 0.1) is 5.92 Å². The van der Waals surface area contributed by atoms with Gasteiger partial charge in [0.2, 0.25) is 0 Å². The molecular formula is C11H14FNO2. The molecule has 0 aromatic heterocycles. The Kier molecular flexibility index (Phi) is 3.42. The van der Waals surface area contributed by atoms with Crippen molar-refractivity contribution in [3.63, 3.8) is 0 Å². The molecule has 3 nitrogen and oxygen atoms in total. The number of carbonyl (C=O) groups is 1. The molecular weight excluding hydrogens is 197 g/mol. The van der Waals surface area contributed by atoms with Crippen molar-refractivity contribution < 1.29 is 14.3 Å². The van der Waals surface area contributed by atoms with Crippen LogP contribution in [0.15, 0.2) is 12.1 Å². The molecule has 4 heteroatoms. The molecule has 0 spiro atoms. The molecule has 1 unspecified atom stereocenters. The molecule has 0 heterocycles. The van der Waals surface area contributed by atoms with Gasteiger partial charge in [-0.25, -0.2) is 4.39 Å². The van der Waals surface area contributed by atoms with Gasteiger partial charge in [-0.3, -0.25) is 4.79 Å². The Bertz CT molecular complexity index is 367. The van der Waals surface area contributed by atoms with E-state index in [-0.39, 0.29) is 12.1 Å². The van der Waals surface area contributed by atoms with Crippen LogP contribution in [0.2, 0.25) is 0 Å². The summed E-state index contributed by atoms with van der Waals surface area (Å²) in [6.07, 6.45) is 0. The second-order valence-electron chi connectivity index (χ2n) is 3.60. The maximum absolute atomic E-state index is 13.6. The normalized spacial score (nSPS) is 12.5. The highest BCUT2D eigenvalue weighted by molar-refractivity contribution is 5.77. The molecule has 0 radical (unpaired) electrons. The van der Waals surface area contributed by atoms with Crippen LogP contribution in [0, 0.1) is 19.7 Å². The molecule has 0 amide bonds. The molecule has 1 atom stereocenters. The lowest BCUT2D eigenvalue weighted by atomic mass is 9.93. The fraction of sp³-hybridized carbons (Fsp3) is 0.364. The van der Waals surface area contributed by atoms with E-state index in [4.69, 9.17) is 10.8 Å². The summed E-state index contributed by atoms with van der Waals surface area (Å²) in [4.78, 5) is 10.9. The van der Waals surface area contributed by atoms with Gasteiger partial charge in [-0.1, -0.05) is 6.07 Å². The zero-order valence-corrected chi connectivity index (χ0v) is 8.75. The van der Waals surface area contributed by atoms with E-state index in [1.165, 1.54) is 6.07 Å². The van der Waals surface area contributed by atoms with E-state index < -0.39 is 17.7 Å². The Hall–Kier alpha value is -1.42. The quantitative estimate of drug-likeness (QED) is 0.797. The van der Waals surface area contributed by atoms with E-state index in [0.717, 1.165) is 5.56 Å². The van der Waals surface area contributed by atoms with Gasteiger partial charge in [0.25, 0.3) is 0 Å². The Labute approximate surface area is 87.7 Å². The summed E-state index contributed by atoms with van der Waals surface area (Å²) in [6.45, 7) is 3.35. The highest BCUT2D eigenvalue weighted by Crippen LogP contribution is 2.24. The predicted molar refractivity (Wildman–Crippen MR) is 55.3 cm³/mol. The highest BCUT2D eigenvalue weighted by atomic mass is 19.1. The van der Waals surface area contributed by atoms with Gasteiger partial charge < -0.3 is 10.8 Å². The average molecular weight is 211 g/mol. The molecule has 0 aliphatic carbocycles. The van der Waals surface area contributed by atoms with Gasteiger partial charge in [-0.15, -0.1) is 0 Å². The first kappa shape index (κ1) is 11.7. The minimum absolute atomic E-state index is 0.101. The van der Waals surface area contributed by atoms with Crippen molar-refractivity contribution >= 4 is 5.97 Å². The van der Waals surface area contributed by atoms with Crippen molar-refractivity contribution in [2.24, 2.45) is 5.73 Å². The number of carboxylic acids is 1. The molecule has 0 saturated carbocycles. The van der Waals surface area contributed by atoms with Crippen LogP contribution in [0.4, 0.5) is 4.39 Å². The molecule has 82 valence electrons. The van der Waals surface area contributed by atoms with Crippen molar-refractivity contribution in [1.82, 2.24) is 0 Å². The van der Waals surface area contributed by atoms with Gasteiger partial charge >= 0.3 is 5.97 Å². The first-order valence-corrected chi connectivity index (χ1v) is 4.67. The Morgan fingerprint density at radius 2 is 2.13 bits per heavy atom. The molecule has 0 saturated heterocycles. The van der Waals surface area contributed by atoms with Crippen molar-refractivity contribution in [3.8, 4) is 0 Å². The number of rotatable bonds is 3. The second-order valence-corrected chi connectivity index (χ2v) is 3.60. The van der Waals surface area contributed by atoms with Crippen molar-refractivity contribution in [1.29, 1.82) is 0 Å². The third-order valence-electron chi connectivity index (χ3n) is 2.36. The third-order valence-corrected chi connectivity index (χ3v) is 2.36. The molecule has 15 heavy (non-hydrogen) atoms. The summed E-state index contributed by atoms with van der Waals surface area (Å²) in [6, 6.07) is 3.08. The molecule has 0 aliphatic rings. The van der Waals surface area contributed by atoms with Crippen LogP contribution < -0.4 is 5.73 Å². The summed E-state index contributed by atoms with van der Waals surface area (Å²) < 4.78 is 13.6. The van der Waals surface area contributed by atoms with Gasteiger partial charge in [-0.05, 0) is 31.0 Å². The molecule has 0 aliphatic heterocycles. The summed E-state index contributed by atoms with van der Waals surface area (Å²) in [5, 5.41) is 8.90. The fourth-order valence-electron chi connectivity index (χ4n) is 1.71. The number of aliphatic carboxylic acids is 1. The Morgan fingerprint density at radius 3 is 2.53 bits per heavy atom. The Balaban J connectivity index is 3.29. The fourth-order valence-corrected chi connectivity index (χ4v) is 1.71. The highest BCUT2D eigenvalue weighted by Gasteiger charge is 2.23. The van der Waals surface area contributed by atoms with Crippen LogP contribution in [-0.2, 0) is 4.79 Å². The maximum Gasteiger partial charge on any atom is 0.312 e. The third kappa shape index (κ3) is 2.33.